The smallest absolute Gasteiger partial charge is 0.326 e. The molecule has 6 aromatic rings. The summed E-state index contributed by atoms with van der Waals surface area (Å²) in [5.41, 5.74) is 6.08. The molecular formula is C48H41Cl2N5O8S. The van der Waals surface area contributed by atoms with E-state index in [0.29, 0.717) is 62.0 Å². The van der Waals surface area contributed by atoms with Crippen molar-refractivity contribution in [1.29, 1.82) is 5.26 Å². The highest BCUT2D eigenvalue weighted by Crippen LogP contribution is 2.42. The summed E-state index contributed by atoms with van der Waals surface area (Å²) in [7, 11) is -2.72. The Hall–Kier alpha value is -6.63. The van der Waals surface area contributed by atoms with Gasteiger partial charge in [0.05, 0.1) is 27.4 Å². The number of nitriles is 1. The Morgan fingerprint density at radius 3 is 2.25 bits per heavy atom. The first-order valence-electron chi connectivity index (χ1n) is 20.2. The van der Waals surface area contributed by atoms with Gasteiger partial charge in [0.25, 0.3) is 0 Å². The number of anilines is 1. The highest BCUT2D eigenvalue weighted by molar-refractivity contribution is 7.89. The van der Waals surface area contributed by atoms with Gasteiger partial charge in [0.1, 0.15) is 41.8 Å². The van der Waals surface area contributed by atoms with Crippen molar-refractivity contribution in [3.63, 3.8) is 0 Å². The van der Waals surface area contributed by atoms with Gasteiger partial charge in [-0.05, 0) is 113 Å². The third-order valence-electron chi connectivity index (χ3n) is 11.2. The first-order chi connectivity index (χ1) is 30.8. The van der Waals surface area contributed by atoms with E-state index in [2.05, 4.69) is 21.7 Å². The maximum atomic E-state index is 14.6. The van der Waals surface area contributed by atoms with Gasteiger partial charge >= 0.3 is 5.97 Å². The fourth-order valence-electron chi connectivity index (χ4n) is 7.70. The van der Waals surface area contributed by atoms with Gasteiger partial charge in [0.15, 0.2) is 17.6 Å². The number of halogens is 2. The van der Waals surface area contributed by atoms with E-state index in [1.165, 1.54) is 12.1 Å². The first kappa shape index (κ1) is 44.0. The molecule has 1 unspecified atom stereocenters. The third-order valence-corrected chi connectivity index (χ3v) is 13.9. The van der Waals surface area contributed by atoms with Crippen LogP contribution in [0.1, 0.15) is 45.2 Å². The number of ether oxygens (including phenoxy) is 3. The summed E-state index contributed by atoms with van der Waals surface area (Å²) in [5.74, 6) is -0.112. The number of hydrogen-bond donors (Lipinski definition) is 3. The number of aliphatic carboxylic acids is 1. The predicted molar refractivity (Wildman–Crippen MR) is 241 cm³/mol. The Bertz CT molecular complexity index is 2890. The number of carboxylic acids is 1. The molecule has 1 amide bonds. The monoisotopic (exact) mass is 917 g/mol. The lowest BCUT2D eigenvalue weighted by Crippen LogP contribution is -2.55. The molecule has 0 saturated heterocycles. The van der Waals surface area contributed by atoms with Crippen LogP contribution in [0.2, 0.25) is 10.0 Å². The molecule has 5 aromatic carbocycles. The number of carbonyl (C=O) groups is 2. The number of nitrogens with zero attached hydrogens (tertiary/aromatic N) is 3. The Kier molecular flexibility index (Phi) is 12.8. The molecule has 326 valence electrons. The number of nitrogens with one attached hydrogen (secondary N) is 2. The Labute approximate surface area is 380 Å². The Morgan fingerprint density at radius 2 is 1.59 bits per heavy atom. The lowest BCUT2D eigenvalue weighted by molar-refractivity contribution is -0.142. The molecule has 0 bridgehead atoms. The summed E-state index contributed by atoms with van der Waals surface area (Å²) in [5, 5.41) is 25.9. The predicted octanol–water partition coefficient (Wildman–Crippen LogP) is 8.30. The molecule has 16 heteroatoms. The number of benzene rings is 5. The van der Waals surface area contributed by atoms with Gasteiger partial charge in [-0.2, -0.15) is 9.57 Å². The van der Waals surface area contributed by atoms with Crippen molar-refractivity contribution in [3.05, 3.63) is 164 Å². The zero-order valence-electron chi connectivity index (χ0n) is 34.5. The Balaban J connectivity index is 1.02. The SMILES string of the molecule is CNc1ccc(S(=O)(=O)N2Cc3cc4c(cc3C[C@H]2C(=O)NC(Cc2ccc(-c3ccc(C#N)cc3)cc2)C(=O)O)OC[C@H](c2ccc(OCc3ccc(Cl)c(Cl)c3)cc2)O4)c(C)n1. The highest BCUT2D eigenvalue weighted by atomic mass is 35.5. The number of carbonyl (C=O) groups excluding carboxylic acids is 1. The summed E-state index contributed by atoms with van der Waals surface area (Å²) >= 11 is 12.2. The van der Waals surface area contributed by atoms with E-state index in [9.17, 15) is 23.1 Å². The van der Waals surface area contributed by atoms with Gasteiger partial charge < -0.3 is 30.0 Å². The van der Waals surface area contributed by atoms with E-state index in [1.54, 1.807) is 62.5 Å². The summed E-state index contributed by atoms with van der Waals surface area (Å²) in [4.78, 5) is 31.3. The van der Waals surface area contributed by atoms with Crippen LogP contribution >= 0.6 is 23.2 Å². The van der Waals surface area contributed by atoms with Crippen LogP contribution in [0, 0.1) is 18.3 Å². The van der Waals surface area contributed by atoms with E-state index >= 15 is 0 Å². The fourth-order valence-corrected chi connectivity index (χ4v) is 9.75. The van der Waals surface area contributed by atoms with Crippen LogP contribution in [0.5, 0.6) is 17.2 Å². The largest absolute Gasteiger partial charge is 0.489 e. The lowest BCUT2D eigenvalue weighted by atomic mass is 9.93. The van der Waals surface area contributed by atoms with Crippen LogP contribution in [0.15, 0.2) is 120 Å². The molecule has 0 aliphatic carbocycles. The molecule has 13 nitrogen and oxygen atoms in total. The molecule has 0 saturated carbocycles. The average Bonchev–Trinajstić information content (AvgIpc) is 3.30. The van der Waals surface area contributed by atoms with E-state index in [4.69, 9.17) is 42.7 Å². The summed E-state index contributed by atoms with van der Waals surface area (Å²) in [6, 6.07) is 32.9. The minimum atomic E-state index is -4.39. The molecule has 64 heavy (non-hydrogen) atoms. The van der Waals surface area contributed by atoms with Crippen molar-refractivity contribution < 1.29 is 37.3 Å². The van der Waals surface area contributed by atoms with E-state index in [0.717, 1.165) is 26.6 Å². The molecule has 8 rings (SSSR count). The van der Waals surface area contributed by atoms with Crippen molar-refractivity contribution in [2.45, 2.75) is 56.0 Å². The summed E-state index contributed by atoms with van der Waals surface area (Å²) < 4.78 is 48.9. The number of pyridine rings is 1. The van der Waals surface area contributed by atoms with Gasteiger partial charge in [-0.1, -0.05) is 77.8 Å². The molecular weight excluding hydrogens is 878 g/mol. The van der Waals surface area contributed by atoms with Gasteiger partial charge in [-0.3, -0.25) is 4.79 Å². The number of hydrogen-bond acceptors (Lipinski definition) is 10. The van der Waals surface area contributed by atoms with Crippen LogP contribution in [0.25, 0.3) is 11.1 Å². The Morgan fingerprint density at radius 1 is 0.906 bits per heavy atom. The lowest BCUT2D eigenvalue weighted by Gasteiger charge is -2.37. The van der Waals surface area contributed by atoms with Crippen LogP contribution in [0.4, 0.5) is 5.82 Å². The molecule has 0 spiro atoms. The first-order valence-corrected chi connectivity index (χ1v) is 22.4. The standard InChI is InChI=1S/C48H41Cl2N5O8S/c1-28-45(17-18-46(52-2)53-28)64(59,60)55-25-36-23-43-42(62-27-44(63-43)34-12-14-37(15-13-34)61-26-31-7-16-38(49)39(50)19-31)22-35(36)21-41(55)47(56)54-40(48(57)58)20-29-3-8-32(9-4-29)33-10-5-30(24-51)6-11-33/h3-19,22-23,40-41,44H,20-21,25-27H2,1-2H3,(H,52,53)(H,54,56)(H,57,58)/t40?,41-,44+/m0/s1. The number of sulfonamides is 1. The van der Waals surface area contributed by atoms with Crippen molar-refractivity contribution >= 4 is 50.9 Å². The minimum absolute atomic E-state index is 0.0619. The molecule has 1 aromatic heterocycles. The zero-order chi connectivity index (χ0) is 45.1. The van der Waals surface area contributed by atoms with Crippen LogP contribution in [0.3, 0.4) is 0 Å². The third kappa shape index (κ3) is 9.48. The maximum Gasteiger partial charge on any atom is 0.326 e. The minimum Gasteiger partial charge on any atom is -0.489 e. The highest BCUT2D eigenvalue weighted by Gasteiger charge is 2.42. The summed E-state index contributed by atoms with van der Waals surface area (Å²) in [6.07, 6.45) is -0.624. The van der Waals surface area contributed by atoms with Crippen molar-refractivity contribution in [3.8, 4) is 34.4 Å². The van der Waals surface area contributed by atoms with Crippen molar-refractivity contribution in [2.75, 3.05) is 19.0 Å². The second-order valence-electron chi connectivity index (χ2n) is 15.4. The number of aromatic nitrogens is 1. The molecule has 0 radical (unpaired) electrons. The van der Waals surface area contributed by atoms with E-state index < -0.39 is 40.1 Å². The normalized spacial score (nSPS) is 16.2. The van der Waals surface area contributed by atoms with Gasteiger partial charge in [0, 0.05) is 20.0 Å². The second kappa shape index (κ2) is 18.6. The maximum absolute atomic E-state index is 14.6. The molecule has 2 aliphatic rings. The number of carboxylic acid groups (broad SMARTS) is 1. The number of fused-ring (bicyclic) bond motifs is 2. The number of rotatable bonds is 13. The second-order valence-corrected chi connectivity index (χ2v) is 18.1. The number of aryl methyl sites for hydroxylation is 1. The van der Waals surface area contributed by atoms with Crippen LogP contribution in [-0.2, 0) is 45.6 Å². The van der Waals surface area contributed by atoms with Gasteiger partial charge in [0.2, 0.25) is 15.9 Å². The summed E-state index contributed by atoms with van der Waals surface area (Å²) in [6.45, 7) is 1.83. The van der Waals surface area contributed by atoms with Gasteiger partial charge in [-0.25, -0.2) is 18.2 Å². The van der Waals surface area contributed by atoms with E-state index in [1.807, 2.05) is 54.6 Å². The zero-order valence-corrected chi connectivity index (χ0v) is 36.9. The molecule has 3 heterocycles. The molecule has 3 atom stereocenters. The molecule has 2 aliphatic heterocycles. The topological polar surface area (TPSA) is 180 Å². The average molecular weight is 919 g/mol. The number of amides is 1. The molecule has 0 fully saturated rings. The van der Waals surface area contributed by atoms with Crippen molar-refractivity contribution in [2.24, 2.45) is 0 Å². The fraction of sp³-hybridized carbons (Fsp3) is 0.208. The molecule has 3 N–H and O–H groups in total. The van der Waals surface area contributed by atoms with Crippen LogP contribution in [-0.4, -0.2) is 60.4 Å². The van der Waals surface area contributed by atoms with Gasteiger partial charge in [-0.15, -0.1) is 0 Å². The van der Waals surface area contributed by atoms with E-state index in [-0.39, 0.29) is 36.6 Å². The van der Waals surface area contributed by atoms with Crippen LogP contribution < -0.4 is 24.8 Å². The van der Waals surface area contributed by atoms with Crippen molar-refractivity contribution in [1.82, 2.24) is 14.6 Å². The quantitative estimate of drug-likeness (QED) is 0.101.